The number of hydrogen-bond donors (Lipinski definition) is 2. The molecule has 1 fully saturated rings. The van der Waals surface area contributed by atoms with Crippen LogP contribution in [0.5, 0.6) is 0 Å². The number of nitrogens with one attached hydrogen (secondary N) is 2. The molecule has 1 heterocycles. The zero-order chi connectivity index (χ0) is 12.1. The van der Waals surface area contributed by atoms with Crippen molar-refractivity contribution in [3.63, 3.8) is 0 Å². The van der Waals surface area contributed by atoms with Gasteiger partial charge in [-0.1, -0.05) is 6.07 Å². The second kappa shape index (κ2) is 5.98. The summed E-state index contributed by atoms with van der Waals surface area (Å²) in [4.78, 5) is 0. The number of morpholine rings is 1. The van der Waals surface area contributed by atoms with Crippen LogP contribution in [0.3, 0.4) is 0 Å². The van der Waals surface area contributed by atoms with E-state index < -0.39 is 0 Å². The standard InChI is InChI=1S/C13H19FN2O/c1-10(7-13-9-17-6-5-15-13)16-12-4-2-3-11(14)8-12/h2-4,8,10,13,15-16H,5-7,9H2,1H3. The topological polar surface area (TPSA) is 33.3 Å². The molecule has 1 aliphatic rings. The van der Waals surface area contributed by atoms with E-state index >= 15 is 0 Å². The van der Waals surface area contributed by atoms with Gasteiger partial charge in [-0.15, -0.1) is 0 Å². The van der Waals surface area contributed by atoms with E-state index in [0.717, 1.165) is 31.9 Å². The predicted octanol–water partition coefficient (Wildman–Crippen LogP) is 2.00. The molecule has 0 aromatic heterocycles. The van der Waals surface area contributed by atoms with E-state index in [1.807, 2.05) is 6.07 Å². The Kier molecular flexibility index (Phi) is 4.34. The van der Waals surface area contributed by atoms with E-state index in [1.54, 1.807) is 6.07 Å². The quantitative estimate of drug-likeness (QED) is 0.841. The van der Waals surface area contributed by atoms with Gasteiger partial charge in [0.1, 0.15) is 5.82 Å². The molecule has 1 aromatic rings. The summed E-state index contributed by atoms with van der Waals surface area (Å²) in [5.41, 5.74) is 0.828. The monoisotopic (exact) mass is 238 g/mol. The lowest BCUT2D eigenvalue weighted by atomic mass is 10.1. The van der Waals surface area contributed by atoms with Crippen molar-refractivity contribution in [3.05, 3.63) is 30.1 Å². The lowest BCUT2D eigenvalue weighted by molar-refractivity contribution is 0.0731. The van der Waals surface area contributed by atoms with Gasteiger partial charge in [-0.2, -0.15) is 0 Å². The highest BCUT2D eigenvalue weighted by atomic mass is 19.1. The van der Waals surface area contributed by atoms with Gasteiger partial charge >= 0.3 is 0 Å². The predicted molar refractivity (Wildman–Crippen MR) is 66.7 cm³/mol. The van der Waals surface area contributed by atoms with Crippen LogP contribution >= 0.6 is 0 Å². The Bertz CT molecular complexity index is 353. The van der Waals surface area contributed by atoms with Crippen molar-refractivity contribution >= 4 is 5.69 Å². The molecule has 1 saturated heterocycles. The molecule has 2 unspecified atom stereocenters. The summed E-state index contributed by atoms with van der Waals surface area (Å²) in [6.45, 7) is 4.57. The molecule has 4 heteroatoms. The van der Waals surface area contributed by atoms with E-state index in [1.165, 1.54) is 12.1 Å². The minimum atomic E-state index is -0.207. The highest BCUT2D eigenvalue weighted by Gasteiger charge is 2.16. The van der Waals surface area contributed by atoms with Gasteiger partial charge in [-0.3, -0.25) is 0 Å². The van der Waals surface area contributed by atoms with Gasteiger partial charge < -0.3 is 15.4 Å². The molecule has 0 bridgehead atoms. The van der Waals surface area contributed by atoms with E-state index in [9.17, 15) is 4.39 Å². The number of halogens is 1. The summed E-state index contributed by atoms with van der Waals surface area (Å²) in [7, 11) is 0. The van der Waals surface area contributed by atoms with Crippen molar-refractivity contribution in [2.24, 2.45) is 0 Å². The fourth-order valence-electron chi connectivity index (χ4n) is 2.12. The minimum Gasteiger partial charge on any atom is -0.382 e. The van der Waals surface area contributed by atoms with Crippen molar-refractivity contribution in [1.82, 2.24) is 5.32 Å². The second-order valence-electron chi connectivity index (χ2n) is 4.52. The minimum absolute atomic E-state index is 0.207. The first-order valence-corrected chi connectivity index (χ1v) is 6.07. The van der Waals surface area contributed by atoms with Crippen LogP contribution < -0.4 is 10.6 Å². The molecule has 0 amide bonds. The average molecular weight is 238 g/mol. The Morgan fingerprint density at radius 1 is 1.59 bits per heavy atom. The van der Waals surface area contributed by atoms with Gasteiger partial charge in [-0.05, 0) is 31.5 Å². The fraction of sp³-hybridized carbons (Fsp3) is 0.538. The van der Waals surface area contributed by atoms with Crippen molar-refractivity contribution in [2.45, 2.75) is 25.4 Å². The van der Waals surface area contributed by atoms with Crippen LogP contribution in [0.25, 0.3) is 0 Å². The molecule has 17 heavy (non-hydrogen) atoms. The molecule has 0 aliphatic carbocycles. The number of ether oxygens (including phenoxy) is 1. The average Bonchev–Trinajstić information content (AvgIpc) is 2.30. The van der Waals surface area contributed by atoms with Crippen LogP contribution in [0.4, 0.5) is 10.1 Å². The van der Waals surface area contributed by atoms with Crippen molar-refractivity contribution in [1.29, 1.82) is 0 Å². The summed E-state index contributed by atoms with van der Waals surface area (Å²) >= 11 is 0. The summed E-state index contributed by atoms with van der Waals surface area (Å²) in [6, 6.07) is 7.24. The largest absolute Gasteiger partial charge is 0.382 e. The zero-order valence-electron chi connectivity index (χ0n) is 10.1. The maximum atomic E-state index is 13.0. The highest BCUT2D eigenvalue weighted by Crippen LogP contribution is 2.13. The normalized spacial score (nSPS) is 22.1. The van der Waals surface area contributed by atoms with Gasteiger partial charge in [0.25, 0.3) is 0 Å². The first kappa shape index (κ1) is 12.3. The van der Waals surface area contributed by atoms with Crippen molar-refractivity contribution in [3.8, 4) is 0 Å². The lowest BCUT2D eigenvalue weighted by Gasteiger charge is -2.27. The number of hydrogen-bond acceptors (Lipinski definition) is 3. The van der Waals surface area contributed by atoms with E-state index in [4.69, 9.17) is 4.74 Å². The first-order chi connectivity index (χ1) is 8.24. The summed E-state index contributed by atoms with van der Waals surface area (Å²) in [6.07, 6.45) is 0.969. The zero-order valence-corrected chi connectivity index (χ0v) is 10.1. The van der Waals surface area contributed by atoms with Crippen molar-refractivity contribution < 1.29 is 9.13 Å². The van der Waals surface area contributed by atoms with Gasteiger partial charge in [0.05, 0.1) is 13.2 Å². The van der Waals surface area contributed by atoms with Gasteiger partial charge in [0.15, 0.2) is 0 Å². The number of rotatable bonds is 4. The number of benzene rings is 1. The Balaban J connectivity index is 1.82. The Labute approximate surface area is 101 Å². The van der Waals surface area contributed by atoms with Crippen LogP contribution in [-0.2, 0) is 4.74 Å². The second-order valence-corrected chi connectivity index (χ2v) is 4.52. The van der Waals surface area contributed by atoms with E-state index in [2.05, 4.69) is 17.6 Å². The molecule has 0 radical (unpaired) electrons. The van der Waals surface area contributed by atoms with Crippen LogP contribution in [-0.4, -0.2) is 31.8 Å². The highest BCUT2D eigenvalue weighted by molar-refractivity contribution is 5.43. The Morgan fingerprint density at radius 2 is 2.47 bits per heavy atom. The first-order valence-electron chi connectivity index (χ1n) is 6.07. The van der Waals surface area contributed by atoms with Crippen LogP contribution in [0.2, 0.25) is 0 Å². The third-order valence-corrected chi connectivity index (χ3v) is 2.87. The molecule has 0 saturated carbocycles. The van der Waals surface area contributed by atoms with Gasteiger partial charge in [0, 0.05) is 24.3 Å². The molecule has 2 rings (SSSR count). The Hall–Kier alpha value is -1.13. The molecular weight excluding hydrogens is 219 g/mol. The lowest BCUT2D eigenvalue weighted by Crippen LogP contribution is -2.43. The maximum Gasteiger partial charge on any atom is 0.125 e. The molecule has 1 aromatic carbocycles. The number of anilines is 1. The third-order valence-electron chi connectivity index (χ3n) is 2.87. The smallest absolute Gasteiger partial charge is 0.125 e. The van der Waals surface area contributed by atoms with E-state index in [0.29, 0.717) is 6.04 Å². The molecule has 3 nitrogen and oxygen atoms in total. The van der Waals surface area contributed by atoms with Crippen LogP contribution in [0, 0.1) is 5.82 Å². The third kappa shape index (κ3) is 3.98. The molecular formula is C13H19FN2O. The molecule has 2 N–H and O–H groups in total. The molecule has 2 atom stereocenters. The van der Waals surface area contributed by atoms with Crippen LogP contribution in [0.1, 0.15) is 13.3 Å². The molecule has 0 spiro atoms. The molecule has 1 aliphatic heterocycles. The van der Waals surface area contributed by atoms with E-state index in [-0.39, 0.29) is 11.9 Å². The summed E-state index contributed by atoms with van der Waals surface area (Å²) < 4.78 is 18.4. The summed E-state index contributed by atoms with van der Waals surface area (Å²) in [5.74, 6) is -0.207. The molecule has 94 valence electrons. The van der Waals surface area contributed by atoms with Crippen molar-refractivity contribution in [2.75, 3.05) is 25.1 Å². The SMILES string of the molecule is CC(CC1COCCN1)Nc1cccc(F)c1. The van der Waals surface area contributed by atoms with Gasteiger partial charge in [-0.25, -0.2) is 4.39 Å². The maximum absolute atomic E-state index is 13.0. The van der Waals surface area contributed by atoms with Crippen LogP contribution in [0.15, 0.2) is 24.3 Å². The fourth-order valence-corrected chi connectivity index (χ4v) is 2.12. The van der Waals surface area contributed by atoms with Gasteiger partial charge in [0.2, 0.25) is 0 Å². The Morgan fingerprint density at radius 3 is 3.18 bits per heavy atom. The summed E-state index contributed by atoms with van der Waals surface area (Å²) in [5, 5.41) is 6.70.